The molecule has 0 amide bonds. The number of oxazole rings is 1. The summed E-state index contributed by atoms with van der Waals surface area (Å²) < 4.78 is 49.7. The van der Waals surface area contributed by atoms with Gasteiger partial charge in [-0.1, -0.05) is 19.1 Å². The summed E-state index contributed by atoms with van der Waals surface area (Å²) in [6.45, 7) is 1.75. The molecule has 3 aromatic carbocycles. The number of ether oxygens (including phenoxy) is 1. The van der Waals surface area contributed by atoms with Crippen molar-refractivity contribution in [2.75, 3.05) is 0 Å². The van der Waals surface area contributed by atoms with E-state index in [0.717, 1.165) is 22.6 Å². The highest BCUT2D eigenvalue weighted by Crippen LogP contribution is 2.33. The minimum atomic E-state index is -4.40. The van der Waals surface area contributed by atoms with Gasteiger partial charge in [0, 0.05) is 16.2 Å². The Balaban J connectivity index is 1.48. The number of hydrogen-bond acceptors (Lipinski definition) is 5. The number of hydrogen-bond donors (Lipinski definition) is 1. The standard InChI is InChI=1S/C25H20F3NO4S/c1-2-20(24(30)31)32-18-10-12-19(13-11-18)34-14-16-4-3-5-21-22(16)29-23(33-21)15-6-8-17(9-7-15)25(26,27)28/h3-13,20H,2,14H2,1H3,(H,30,31). The van der Waals surface area contributed by atoms with Gasteiger partial charge in [-0.05, 0) is 66.6 Å². The highest BCUT2D eigenvalue weighted by atomic mass is 32.2. The molecule has 4 aromatic rings. The van der Waals surface area contributed by atoms with E-state index in [1.165, 1.54) is 12.1 Å². The Morgan fingerprint density at radius 1 is 1.09 bits per heavy atom. The van der Waals surface area contributed by atoms with Crippen molar-refractivity contribution in [1.82, 2.24) is 4.98 Å². The number of fused-ring (bicyclic) bond motifs is 1. The van der Waals surface area contributed by atoms with Crippen molar-refractivity contribution in [1.29, 1.82) is 0 Å². The molecule has 0 saturated heterocycles. The number of nitrogens with zero attached hydrogens (tertiary/aromatic N) is 1. The number of alkyl halides is 3. The number of thioether (sulfide) groups is 1. The van der Waals surface area contributed by atoms with E-state index in [-0.39, 0.29) is 5.89 Å². The van der Waals surface area contributed by atoms with E-state index in [4.69, 9.17) is 14.3 Å². The summed E-state index contributed by atoms with van der Waals surface area (Å²) in [5.74, 6) is 0.325. The molecule has 9 heteroatoms. The fourth-order valence-corrected chi connectivity index (χ4v) is 4.18. The molecule has 34 heavy (non-hydrogen) atoms. The largest absolute Gasteiger partial charge is 0.479 e. The highest BCUT2D eigenvalue weighted by Gasteiger charge is 2.30. The molecule has 1 heterocycles. The summed E-state index contributed by atoms with van der Waals surface area (Å²) >= 11 is 1.56. The Hall–Kier alpha value is -3.46. The van der Waals surface area contributed by atoms with Gasteiger partial charge in [-0.15, -0.1) is 11.8 Å². The SMILES string of the molecule is CCC(Oc1ccc(SCc2cccc3oc(-c4ccc(C(F)(F)F)cc4)nc23)cc1)C(=O)O. The molecule has 5 nitrogen and oxygen atoms in total. The summed E-state index contributed by atoms with van der Waals surface area (Å²) in [4.78, 5) is 16.6. The zero-order valence-corrected chi connectivity index (χ0v) is 18.8. The maximum absolute atomic E-state index is 12.8. The second kappa shape index (κ2) is 9.80. The van der Waals surface area contributed by atoms with E-state index in [1.54, 1.807) is 36.9 Å². The molecule has 1 aromatic heterocycles. The van der Waals surface area contributed by atoms with E-state index in [9.17, 15) is 18.0 Å². The fraction of sp³-hybridized carbons (Fsp3) is 0.200. The lowest BCUT2D eigenvalue weighted by Crippen LogP contribution is -2.25. The van der Waals surface area contributed by atoms with Gasteiger partial charge in [-0.3, -0.25) is 0 Å². The van der Waals surface area contributed by atoms with Crippen molar-refractivity contribution < 1.29 is 32.2 Å². The van der Waals surface area contributed by atoms with Crippen LogP contribution in [0.5, 0.6) is 5.75 Å². The molecule has 0 aliphatic rings. The first-order valence-electron chi connectivity index (χ1n) is 10.4. The van der Waals surface area contributed by atoms with Gasteiger partial charge < -0.3 is 14.3 Å². The van der Waals surface area contributed by atoms with E-state index in [0.29, 0.717) is 34.6 Å². The Morgan fingerprint density at radius 2 is 1.79 bits per heavy atom. The van der Waals surface area contributed by atoms with Gasteiger partial charge >= 0.3 is 12.1 Å². The molecule has 0 bridgehead atoms. The Labute approximate surface area is 197 Å². The number of carboxylic acid groups (broad SMARTS) is 1. The highest BCUT2D eigenvalue weighted by molar-refractivity contribution is 7.98. The summed E-state index contributed by atoms with van der Waals surface area (Å²) in [6, 6.07) is 17.4. The fourth-order valence-electron chi connectivity index (χ4n) is 3.30. The molecular formula is C25H20F3NO4S. The van der Waals surface area contributed by atoms with Crippen LogP contribution in [0.15, 0.2) is 76.0 Å². The summed E-state index contributed by atoms with van der Waals surface area (Å²) in [7, 11) is 0. The van der Waals surface area contributed by atoms with Gasteiger partial charge in [0.15, 0.2) is 11.7 Å². The second-order valence-electron chi connectivity index (χ2n) is 7.47. The van der Waals surface area contributed by atoms with E-state index >= 15 is 0 Å². The van der Waals surface area contributed by atoms with Crippen molar-refractivity contribution in [3.8, 4) is 17.2 Å². The Morgan fingerprint density at radius 3 is 2.41 bits per heavy atom. The molecule has 0 spiro atoms. The lowest BCUT2D eigenvalue weighted by Gasteiger charge is -2.13. The Bertz CT molecular complexity index is 1280. The number of aliphatic carboxylic acids is 1. The van der Waals surface area contributed by atoms with Gasteiger partial charge in [0.1, 0.15) is 11.3 Å². The number of para-hydroxylation sites is 1. The van der Waals surface area contributed by atoms with E-state index in [1.807, 2.05) is 24.3 Å². The quantitative estimate of drug-likeness (QED) is 0.269. The summed E-state index contributed by atoms with van der Waals surface area (Å²) in [5, 5.41) is 9.12. The van der Waals surface area contributed by atoms with Crippen LogP contribution in [0.25, 0.3) is 22.6 Å². The number of benzene rings is 3. The Kier molecular flexibility index (Phi) is 6.83. The van der Waals surface area contributed by atoms with Crippen molar-refractivity contribution in [3.63, 3.8) is 0 Å². The van der Waals surface area contributed by atoms with Crippen molar-refractivity contribution in [2.45, 2.75) is 36.3 Å². The van der Waals surface area contributed by atoms with Crippen LogP contribution in [-0.4, -0.2) is 22.2 Å². The van der Waals surface area contributed by atoms with Crippen LogP contribution in [-0.2, 0) is 16.7 Å². The molecule has 0 aliphatic heterocycles. The van der Waals surface area contributed by atoms with Crippen LogP contribution in [0.2, 0.25) is 0 Å². The zero-order valence-electron chi connectivity index (χ0n) is 18.0. The molecule has 0 fully saturated rings. The van der Waals surface area contributed by atoms with Crippen LogP contribution >= 0.6 is 11.8 Å². The second-order valence-corrected chi connectivity index (χ2v) is 8.52. The molecule has 1 atom stereocenters. The third kappa shape index (κ3) is 5.36. The lowest BCUT2D eigenvalue weighted by molar-refractivity contribution is -0.145. The molecular weight excluding hydrogens is 467 g/mol. The summed E-state index contributed by atoms with van der Waals surface area (Å²) in [5.41, 5.74) is 1.86. The number of rotatable bonds is 8. The molecule has 1 N–H and O–H groups in total. The molecule has 0 radical (unpaired) electrons. The first-order chi connectivity index (χ1) is 16.2. The topological polar surface area (TPSA) is 72.6 Å². The predicted molar refractivity (Wildman–Crippen MR) is 123 cm³/mol. The molecule has 0 saturated carbocycles. The number of carbonyl (C=O) groups is 1. The molecule has 0 aliphatic carbocycles. The van der Waals surface area contributed by atoms with Gasteiger partial charge in [0.25, 0.3) is 0 Å². The average Bonchev–Trinajstić information content (AvgIpc) is 3.26. The van der Waals surface area contributed by atoms with Crippen molar-refractivity contribution in [3.05, 3.63) is 77.9 Å². The van der Waals surface area contributed by atoms with Gasteiger partial charge in [-0.2, -0.15) is 13.2 Å². The van der Waals surface area contributed by atoms with Crippen LogP contribution < -0.4 is 4.74 Å². The minimum absolute atomic E-state index is 0.256. The first kappa shape index (κ1) is 23.7. The molecule has 176 valence electrons. The van der Waals surface area contributed by atoms with Crippen LogP contribution in [0.3, 0.4) is 0 Å². The lowest BCUT2D eigenvalue weighted by atomic mass is 10.1. The maximum Gasteiger partial charge on any atom is 0.416 e. The summed E-state index contributed by atoms with van der Waals surface area (Å²) in [6.07, 6.45) is -4.92. The van der Waals surface area contributed by atoms with Crippen LogP contribution in [0, 0.1) is 0 Å². The van der Waals surface area contributed by atoms with E-state index in [2.05, 4.69) is 4.98 Å². The van der Waals surface area contributed by atoms with Crippen LogP contribution in [0.4, 0.5) is 13.2 Å². The first-order valence-corrected chi connectivity index (χ1v) is 11.4. The monoisotopic (exact) mass is 487 g/mol. The van der Waals surface area contributed by atoms with Crippen molar-refractivity contribution >= 4 is 28.8 Å². The van der Waals surface area contributed by atoms with Crippen molar-refractivity contribution in [2.24, 2.45) is 0 Å². The maximum atomic E-state index is 12.8. The molecule has 1 unspecified atom stereocenters. The predicted octanol–water partition coefficient (Wildman–Crippen LogP) is 7.05. The number of carboxylic acids is 1. The minimum Gasteiger partial charge on any atom is -0.479 e. The smallest absolute Gasteiger partial charge is 0.416 e. The van der Waals surface area contributed by atoms with Gasteiger partial charge in [-0.25, -0.2) is 9.78 Å². The zero-order chi connectivity index (χ0) is 24.3. The van der Waals surface area contributed by atoms with Gasteiger partial charge in [0.2, 0.25) is 5.89 Å². The average molecular weight is 487 g/mol. The number of halogens is 3. The van der Waals surface area contributed by atoms with Crippen LogP contribution in [0.1, 0.15) is 24.5 Å². The third-order valence-corrected chi connectivity index (χ3v) is 6.17. The third-order valence-electron chi connectivity index (χ3n) is 5.10. The van der Waals surface area contributed by atoms with Gasteiger partial charge in [0.05, 0.1) is 5.56 Å². The molecule has 4 rings (SSSR count). The van der Waals surface area contributed by atoms with E-state index < -0.39 is 23.8 Å². The normalized spacial score (nSPS) is 12.6. The number of aromatic nitrogens is 1.